The number of rotatable bonds is 3. The zero-order chi connectivity index (χ0) is 20.4. The van der Waals surface area contributed by atoms with Crippen molar-refractivity contribution in [1.82, 2.24) is 19.9 Å². The van der Waals surface area contributed by atoms with Crippen LogP contribution in [0.1, 0.15) is 29.7 Å². The third kappa shape index (κ3) is 3.59. The number of carbonyl (C=O) groups is 1. The Bertz CT molecular complexity index is 1030. The van der Waals surface area contributed by atoms with E-state index >= 15 is 0 Å². The highest BCUT2D eigenvalue weighted by atomic mass is 16.5. The molecule has 0 unspecified atom stereocenters. The predicted molar refractivity (Wildman–Crippen MR) is 113 cm³/mol. The molecule has 30 heavy (non-hydrogen) atoms. The van der Waals surface area contributed by atoms with Gasteiger partial charge in [-0.1, -0.05) is 30.3 Å². The van der Waals surface area contributed by atoms with Crippen LogP contribution in [-0.2, 0) is 28.0 Å². The molecule has 1 spiro atoms. The topological polar surface area (TPSA) is 68.2 Å². The molecule has 0 saturated carbocycles. The molecule has 152 valence electrons. The summed E-state index contributed by atoms with van der Waals surface area (Å²) in [6.07, 6.45) is 8.16. The van der Waals surface area contributed by atoms with Gasteiger partial charge in [-0.3, -0.25) is 9.78 Å². The number of nitrogens with zero attached hydrogens (tertiary/aromatic N) is 4. The predicted octanol–water partition coefficient (Wildman–Crippen LogP) is 3.17. The summed E-state index contributed by atoms with van der Waals surface area (Å²) in [7, 11) is 0. The van der Waals surface area contributed by atoms with Crippen LogP contribution < -0.4 is 0 Å². The van der Waals surface area contributed by atoms with Gasteiger partial charge >= 0.3 is 0 Å². The number of fused-ring (bicyclic) bond motifs is 2. The number of ether oxygens (including phenoxy) is 1. The summed E-state index contributed by atoms with van der Waals surface area (Å²) in [5, 5.41) is 0. The summed E-state index contributed by atoms with van der Waals surface area (Å²) in [6, 6.07) is 13.8. The molecule has 1 fully saturated rings. The van der Waals surface area contributed by atoms with Crippen molar-refractivity contribution in [3.05, 3.63) is 77.9 Å². The third-order valence-corrected chi connectivity index (χ3v) is 6.11. The molecule has 1 aromatic carbocycles. The normalized spacial score (nSPS) is 17.5. The van der Waals surface area contributed by atoms with Crippen LogP contribution in [0.5, 0.6) is 0 Å². The van der Waals surface area contributed by atoms with Crippen molar-refractivity contribution < 1.29 is 9.53 Å². The molecule has 0 aliphatic carbocycles. The quantitative estimate of drug-likeness (QED) is 0.676. The first-order valence-corrected chi connectivity index (χ1v) is 10.5. The second-order valence-corrected chi connectivity index (χ2v) is 7.94. The molecule has 2 aliphatic rings. The Morgan fingerprint density at radius 1 is 1.07 bits per heavy atom. The second kappa shape index (κ2) is 7.95. The number of carbonyl (C=O) groups excluding carboxylic acids is 1. The van der Waals surface area contributed by atoms with E-state index in [-0.39, 0.29) is 5.91 Å². The van der Waals surface area contributed by atoms with Gasteiger partial charge in [0.05, 0.1) is 18.7 Å². The summed E-state index contributed by atoms with van der Waals surface area (Å²) in [6.45, 7) is 2.02. The number of amides is 1. The third-order valence-electron chi connectivity index (χ3n) is 6.11. The minimum atomic E-state index is -0.423. The zero-order valence-corrected chi connectivity index (χ0v) is 16.8. The van der Waals surface area contributed by atoms with Crippen LogP contribution in [-0.4, -0.2) is 45.5 Å². The lowest BCUT2D eigenvalue weighted by molar-refractivity contribution is -0.140. The molecule has 3 aromatic rings. The van der Waals surface area contributed by atoms with Crippen LogP contribution in [0.3, 0.4) is 0 Å². The average molecular weight is 400 g/mol. The number of benzene rings is 1. The van der Waals surface area contributed by atoms with E-state index in [2.05, 4.69) is 9.97 Å². The van der Waals surface area contributed by atoms with Crippen LogP contribution in [0.15, 0.2) is 61.1 Å². The van der Waals surface area contributed by atoms with Crippen molar-refractivity contribution in [2.24, 2.45) is 0 Å². The van der Waals surface area contributed by atoms with Gasteiger partial charge in [0.25, 0.3) is 0 Å². The first-order valence-electron chi connectivity index (χ1n) is 10.5. The van der Waals surface area contributed by atoms with E-state index in [9.17, 15) is 4.79 Å². The Kier molecular flexibility index (Phi) is 5.01. The molecule has 0 N–H and O–H groups in total. The highest BCUT2D eigenvalue weighted by molar-refractivity contribution is 5.78. The lowest BCUT2D eigenvalue weighted by Gasteiger charge is -2.44. The van der Waals surface area contributed by atoms with Crippen LogP contribution in [0.25, 0.3) is 11.4 Å². The van der Waals surface area contributed by atoms with Gasteiger partial charge in [0.15, 0.2) is 5.82 Å². The lowest BCUT2D eigenvalue weighted by Crippen LogP contribution is -2.49. The Hall–Kier alpha value is -3.12. The second-order valence-electron chi connectivity index (χ2n) is 7.94. The molecule has 4 heterocycles. The van der Waals surface area contributed by atoms with Gasteiger partial charge < -0.3 is 9.64 Å². The highest BCUT2D eigenvalue weighted by Crippen LogP contribution is 2.41. The number of hydrogen-bond donors (Lipinski definition) is 0. The number of piperidine rings is 1. The summed E-state index contributed by atoms with van der Waals surface area (Å²) < 4.78 is 6.33. The Labute approximate surface area is 176 Å². The maximum atomic E-state index is 12.8. The van der Waals surface area contributed by atoms with Gasteiger partial charge in [-0.15, -0.1) is 0 Å². The smallest absolute Gasteiger partial charge is 0.226 e. The van der Waals surface area contributed by atoms with E-state index in [0.717, 1.165) is 47.5 Å². The molecule has 5 rings (SSSR count). The van der Waals surface area contributed by atoms with Crippen LogP contribution >= 0.6 is 0 Å². The van der Waals surface area contributed by atoms with Crippen LogP contribution in [0, 0.1) is 0 Å². The van der Waals surface area contributed by atoms with Gasteiger partial charge in [-0.2, -0.15) is 0 Å². The summed E-state index contributed by atoms with van der Waals surface area (Å²) in [4.78, 5) is 28.3. The zero-order valence-electron chi connectivity index (χ0n) is 16.8. The van der Waals surface area contributed by atoms with Gasteiger partial charge in [-0.25, -0.2) is 9.97 Å². The molecular weight excluding hydrogens is 376 g/mol. The first-order chi connectivity index (χ1) is 14.7. The van der Waals surface area contributed by atoms with Crippen molar-refractivity contribution in [3.63, 3.8) is 0 Å². The molecule has 1 amide bonds. The summed E-state index contributed by atoms with van der Waals surface area (Å²) >= 11 is 0. The molecule has 2 aromatic heterocycles. The van der Waals surface area contributed by atoms with Crippen molar-refractivity contribution in [2.75, 3.05) is 19.7 Å². The minimum absolute atomic E-state index is 0.153. The highest BCUT2D eigenvalue weighted by Gasteiger charge is 2.43. The van der Waals surface area contributed by atoms with E-state index < -0.39 is 5.60 Å². The van der Waals surface area contributed by atoms with E-state index in [1.54, 1.807) is 12.4 Å². The van der Waals surface area contributed by atoms with Crippen molar-refractivity contribution in [1.29, 1.82) is 0 Å². The Morgan fingerprint density at radius 2 is 1.83 bits per heavy atom. The Balaban J connectivity index is 1.35. The van der Waals surface area contributed by atoms with E-state index in [1.807, 2.05) is 53.6 Å². The number of aromatic nitrogens is 3. The average Bonchev–Trinajstić information content (AvgIpc) is 2.81. The van der Waals surface area contributed by atoms with Gasteiger partial charge in [0.2, 0.25) is 5.91 Å². The first kappa shape index (κ1) is 18.9. The molecule has 0 bridgehead atoms. The monoisotopic (exact) mass is 400 g/mol. The molecule has 1 saturated heterocycles. The van der Waals surface area contributed by atoms with E-state index in [4.69, 9.17) is 9.72 Å². The molecule has 0 radical (unpaired) electrons. The van der Waals surface area contributed by atoms with Gasteiger partial charge in [0, 0.05) is 37.2 Å². The molecule has 6 nitrogen and oxygen atoms in total. The summed E-state index contributed by atoms with van der Waals surface area (Å²) in [5.74, 6) is 0.884. The maximum Gasteiger partial charge on any atom is 0.226 e. The minimum Gasteiger partial charge on any atom is -0.368 e. The maximum absolute atomic E-state index is 12.8. The lowest BCUT2D eigenvalue weighted by atomic mass is 9.83. The fraction of sp³-hybridized carbons (Fsp3) is 0.333. The van der Waals surface area contributed by atoms with Crippen molar-refractivity contribution >= 4 is 5.91 Å². The SMILES string of the molecule is O=C(Cc1ccncc1)N1CCC2(CC1)OCCc1cnc(-c3ccccc3)nc12. The van der Waals surface area contributed by atoms with E-state index in [0.29, 0.717) is 26.1 Å². The molecular formula is C24H24N4O2. The summed E-state index contributed by atoms with van der Waals surface area (Å²) in [5.41, 5.74) is 3.75. The van der Waals surface area contributed by atoms with E-state index in [1.165, 1.54) is 0 Å². The van der Waals surface area contributed by atoms with Crippen molar-refractivity contribution in [2.45, 2.75) is 31.3 Å². The number of hydrogen-bond acceptors (Lipinski definition) is 5. The molecule has 2 aliphatic heterocycles. The van der Waals surface area contributed by atoms with Gasteiger partial charge in [-0.05, 0) is 42.5 Å². The van der Waals surface area contributed by atoms with Crippen LogP contribution in [0.2, 0.25) is 0 Å². The fourth-order valence-corrected chi connectivity index (χ4v) is 4.42. The fourth-order valence-electron chi connectivity index (χ4n) is 4.42. The largest absolute Gasteiger partial charge is 0.368 e. The Morgan fingerprint density at radius 3 is 2.60 bits per heavy atom. The van der Waals surface area contributed by atoms with Crippen molar-refractivity contribution in [3.8, 4) is 11.4 Å². The number of likely N-dealkylation sites (tertiary alicyclic amines) is 1. The van der Waals surface area contributed by atoms with Crippen LogP contribution in [0.4, 0.5) is 0 Å². The molecule has 6 heteroatoms. The number of pyridine rings is 1. The molecule has 0 atom stereocenters. The van der Waals surface area contributed by atoms with Gasteiger partial charge in [0.1, 0.15) is 5.60 Å². The standard InChI is InChI=1S/C24H24N4O2/c29-21(16-18-6-11-25-12-7-18)28-13-9-24(10-14-28)22-20(8-15-30-24)17-26-23(27-22)19-4-2-1-3-5-19/h1-7,11-12,17H,8-10,13-16H2.